The molecule has 0 aromatic heterocycles. The van der Waals surface area contributed by atoms with Gasteiger partial charge >= 0.3 is 0 Å². The highest BCUT2D eigenvalue weighted by Crippen LogP contribution is 2.35. The first-order chi connectivity index (χ1) is 8.46. The second-order valence-corrected chi connectivity index (χ2v) is 6.47. The Morgan fingerprint density at radius 2 is 1.94 bits per heavy atom. The fraction of sp³-hybridized carbons (Fsp3) is 0.929. The van der Waals surface area contributed by atoms with E-state index in [1.165, 1.54) is 12.8 Å². The third kappa shape index (κ3) is 2.41. The third-order valence-electron chi connectivity index (χ3n) is 4.44. The Kier molecular flexibility index (Phi) is 3.97. The number of carbonyl (C=O) groups is 1. The first kappa shape index (κ1) is 13.8. The lowest BCUT2D eigenvalue weighted by molar-refractivity contribution is -0.135. The molecule has 1 spiro atoms. The summed E-state index contributed by atoms with van der Waals surface area (Å²) in [7, 11) is 4.16. The zero-order valence-electron chi connectivity index (χ0n) is 12.2. The molecule has 1 aliphatic heterocycles. The van der Waals surface area contributed by atoms with Gasteiger partial charge in [-0.05, 0) is 32.9 Å². The van der Waals surface area contributed by atoms with Crippen molar-refractivity contribution in [2.75, 3.05) is 27.3 Å². The van der Waals surface area contributed by atoms with Crippen molar-refractivity contribution in [3.05, 3.63) is 0 Å². The molecular weight excluding hydrogens is 226 g/mol. The smallest absolute Gasteiger partial charge is 0.244 e. The predicted octanol–water partition coefficient (Wildman–Crippen LogP) is 1.27. The molecule has 1 heterocycles. The zero-order valence-corrected chi connectivity index (χ0v) is 12.2. The maximum absolute atomic E-state index is 12.7. The monoisotopic (exact) mass is 253 g/mol. The van der Waals surface area contributed by atoms with Crippen molar-refractivity contribution in [3.8, 4) is 0 Å². The average Bonchev–Trinajstić information content (AvgIpc) is 2.87. The fourth-order valence-electron chi connectivity index (χ4n) is 3.34. The second-order valence-electron chi connectivity index (χ2n) is 6.47. The summed E-state index contributed by atoms with van der Waals surface area (Å²) in [6, 6.07) is 0.319. The molecule has 1 N–H and O–H groups in total. The molecule has 2 fully saturated rings. The van der Waals surface area contributed by atoms with Gasteiger partial charge in [0.05, 0.1) is 12.2 Å². The van der Waals surface area contributed by atoms with Crippen molar-refractivity contribution in [2.24, 2.45) is 5.92 Å². The van der Waals surface area contributed by atoms with Crippen LogP contribution in [0.4, 0.5) is 0 Å². The molecule has 104 valence electrons. The van der Waals surface area contributed by atoms with Gasteiger partial charge in [0.25, 0.3) is 0 Å². The van der Waals surface area contributed by atoms with Crippen LogP contribution >= 0.6 is 0 Å². The number of hydrogen-bond acceptors (Lipinski definition) is 3. The lowest BCUT2D eigenvalue weighted by Gasteiger charge is -2.33. The van der Waals surface area contributed by atoms with Crippen molar-refractivity contribution < 1.29 is 4.79 Å². The minimum atomic E-state index is -0.209. The van der Waals surface area contributed by atoms with Gasteiger partial charge in [-0.2, -0.15) is 0 Å². The van der Waals surface area contributed by atoms with Crippen LogP contribution in [0.2, 0.25) is 0 Å². The summed E-state index contributed by atoms with van der Waals surface area (Å²) in [5.74, 6) is 0.843. The topological polar surface area (TPSA) is 35.6 Å². The van der Waals surface area contributed by atoms with Crippen molar-refractivity contribution in [2.45, 2.75) is 51.1 Å². The molecule has 1 atom stereocenters. The molecule has 0 aromatic carbocycles. The summed E-state index contributed by atoms with van der Waals surface area (Å²) in [5.41, 5.74) is -0.209. The summed E-state index contributed by atoms with van der Waals surface area (Å²) >= 11 is 0. The van der Waals surface area contributed by atoms with Gasteiger partial charge in [0.15, 0.2) is 0 Å². The Hall–Kier alpha value is -0.610. The second kappa shape index (κ2) is 5.17. The largest absolute Gasteiger partial charge is 0.324 e. The Labute approximate surface area is 111 Å². The van der Waals surface area contributed by atoms with Gasteiger partial charge < -0.3 is 9.80 Å². The van der Waals surface area contributed by atoms with Gasteiger partial charge in [0, 0.05) is 12.6 Å². The molecule has 4 nitrogen and oxygen atoms in total. The highest BCUT2D eigenvalue weighted by Gasteiger charge is 2.49. The molecular formula is C14H27N3O. The number of amides is 1. The number of nitrogens with zero attached hydrogens (tertiary/aromatic N) is 2. The quantitative estimate of drug-likeness (QED) is 0.819. The molecule has 1 saturated carbocycles. The van der Waals surface area contributed by atoms with Gasteiger partial charge in [0.2, 0.25) is 5.91 Å². The van der Waals surface area contributed by atoms with Crippen molar-refractivity contribution in [1.29, 1.82) is 0 Å². The van der Waals surface area contributed by atoms with Crippen LogP contribution in [0.25, 0.3) is 0 Å². The molecule has 0 bridgehead atoms. The summed E-state index contributed by atoms with van der Waals surface area (Å²) in [5, 5.41) is 3.50. The van der Waals surface area contributed by atoms with E-state index in [-0.39, 0.29) is 5.54 Å². The molecule has 4 heteroatoms. The van der Waals surface area contributed by atoms with Gasteiger partial charge in [-0.15, -0.1) is 0 Å². The Morgan fingerprint density at radius 3 is 2.44 bits per heavy atom. The first-order valence-corrected chi connectivity index (χ1v) is 7.17. The molecule has 1 aliphatic carbocycles. The number of hydrogen-bond donors (Lipinski definition) is 1. The third-order valence-corrected chi connectivity index (χ3v) is 4.44. The minimum absolute atomic E-state index is 0.209. The zero-order chi connectivity index (χ0) is 13.3. The van der Waals surface area contributed by atoms with Crippen LogP contribution in [-0.2, 0) is 4.79 Å². The molecule has 2 rings (SSSR count). The molecule has 0 aromatic rings. The molecule has 1 unspecified atom stereocenters. The minimum Gasteiger partial charge on any atom is -0.324 e. The number of nitrogens with one attached hydrogen (secondary N) is 1. The van der Waals surface area contributed by atoms with Gasteiger partial charge in [-0.25, -0.2) is 0 Å². The van der Waals surface area contributed by atoms with Crippen LogP contribution in [0.3, 0.4) is 0 Å². The standard InChI is InChI=1S/C14H27N3O/c1-11(2)12(9-16(3)4)17-10-15-14(13(17)18)7-5-6-8-14/h11-12,15H,5-10H2,1-4H3. The maximum atomic E-state index is 12.7. The highest BCUT2D eigenvalue weighted by atomic mass is 16.2. The van der Waals surface area contributed by atoms with Crippen LogP contribution in [-0.4, -0.2) is 54.6 Å². The molecule has 1 amide bonds. The van der Waals surface area contributed by atoms with E-state index >= 15 is 0 Å². The molecule has 2 aliphatic rings. The predicted molar refractivity (Wildman–Crippen MR) is 73.2 cm³/mol. The number of rotatable bonds is 4. The van der Waals surface area contributed by atoms with E-state index in [9.17, 15) is 4.79 Å². The van der Waals surface area contributed by atoms with Gasteiger partial charge in [-0.1, -0.05) is 26.7 Å². The normalized spacial score (nSPS) is 24.8. The fourth-order valence-corrected chi connectivity index (χ4v) is 3.34. The SMILES string of the molecule is CC(C)C(CN(C)C)N1CNC2(CCCC2)C1=O. The van der Waals surface area contributed by atoms with Gasteiger partial charge in [0.1, 0.15) is 0 Å². The van der Waals surface area contributed by atoms with Crippen LogP contribution in [0, 0.1) is 5.92 Å². The van der Waals surface area contributed by atoms with E-state index in [4.69, 9.17) is 0 Å². The van der Waals surface area contributed by atoms with Crippen molar-refractivity contribution >= 4 is 5.91 Å². The summed E-state index contributed by atoms with van der Waals surface area (Å²) in [6.07, 6.45) is 4.42. The Morgan fingerprint density at radius 1 is 1.33 bits per heavy atom. The maximum Gasteiger partial charge on any atom is 0.244 e. The van der Waals surface area contributed by atoms with E-state index in [1.54, 1.807) is 0 Å². The van der Waals surface area contributed by atoms with Crippen LogP contribution < -0.4 is 5.32 Å². The highest BCUT2D eigenvalue weighted by molar-refractivity contribution is 5.89. The number of carbonyl (C=O) groups excluding carboxylic acids is 1. The lowest BCUT2D eigenvalue weighted by Crippen LogP contribution is -2.49. The van der Waals surface area contributed by atoms with Gasteiger partial charge in [-0.3, -0.25) is 10.1 Å². The van der Waals surface area contributed by atoms with E-state index < -0.39 is 0 Å². The molecule has 18 heavy (non-hydrogen) atoms. The summed E-state index contributed by atoms with van der Waals surface area (Å²) in [4.78, 5) is 17.0. The number of likely N-dealkylation sites (N-methyl/N-ethyl adjacent to an activating group) is 1. The molecule has 1 saturated heterocycles. The Balaban J connectivity index is 2.10. The van der Waals surface area contributed by atoms with Crippen LogP contribution in [0.5, 0.6) is 0 Å². The Bertz CT molecular complexity index is 308. The van der Waals surface area contributed by atoms with Crippen molar-refractivity contribution in [3.63, 3.8) is 0 Å². The van der Waals surface area contributed by atoms with E-state index in [2.05, 4.69) is 43.1 Å². The first-order valence-electron chi connectivity index (χ1n) is 7.17. The van der Waals surface area contributed by atoms with E-state index in [1.807, 2.05) is 0 Å². The van der Waals surface area contributed by atoms with Crippen LogP contribution in [0.15, 0.2) is 0 Å². The molecule has 0 radical (unpaired) electrons. The van der Waals surface area contributed by atoms with E-state index in [0.717, 1.165) is 26.1 Å². The van der Waals surface area contributed by atoms with E-state index in [0.29, 0.717) is 17.9 Å². The lowest BCUT2D eigenvalue weighted by atomic mass is 9.96. The van der Waals surface area contributed by atoms with Crippen molar-refractivity contribution in [1.82, 2.24) is 15.1 Å². The average molecular weight is 253 g/mol. The summed E-state index contributed by atoms with van der Waals surface area (Å²) < 4.78 is 0. The van der Waals surface area contributed by atoms with Crippen LogP contribution in [0.1, 0.15) is 39.5 Å². The summed E-state index contributed by atoms with van der Waals surface area (Å²) in [6.45, 7) is 6.10.